The maximum absolute atomic E-state index is 13.5. The van der Waals surface area contributed by atoms with E-state index in [1.165, 1.54) is 0 Å². The smallest absolute Gasteiger partial charge is 0.240 e. The second kappa shape index (κ2) is 8.61. The number of benzene rings is 4. The van der Waals surface area contributed by atoms with Crippen LogP contribution in [-0.2, 0) is 11.3 Å². The summed E-state index contributed by atoms with van der Waals surface area (Å²) in [6.45, 7) is 0.0604. The van der Waals surface area contributed by atoms with Crippen molar-refractivity contribution < 1.29 is 9.21 Å². The summed E-state index contributed by atoms with van der Waals surface area (Å²) in [6.07, 6.45) is 0. The van der Waals surface area contributed by atoms with Crippen LogP contribution in [0.3, 0.4) is 0 Å². The maximum Gasteiger partial charge on any atom is 0.240 e. The number of hydrogen-bond acceptors (Lipinski definition) is 3. The van der Waals surface area contributed by atoms with Crippen molar-refractivity contribution in [2.75, 3.05) is 0 Å². The van der Waals surface area contributed by atoms with Crippen LogP contribution in [0.1, 0.15) is 17.4 Å². The zero-order valence-electron chi connectivity index (χ0n) is 18.8. The Morgan fingerprint density at radius 2 is 1.37 bits per heavy atom. The fourth-order valence-corrected chi connectivity index (χ4v) is 4.71. The molecule has 0 aliphatic rings. The van der Waals surface area contributed by atoms with Gasteiger partial charge in [-0.05, 0) is 42.0 Å². The predicted octanol–water partition coefficient (Wildman–Crippen LogP) is 5.81. The van der Waals surface area contributed by atoms with Crippen LogP contribution < -0.4 is 10.7 Å². The Labute approximate surface area is 201 Å². The average Bonchev–Trinajstić information content (AvgIpc) is 3.34. The highest BCUT2D eigenvalue weighted by molar-refractivity contribution is 5.95. The Kier molecular flexibility index (Phi) is 5.15. The van der Waals surface area contributed by atoms with Crippen molar-refractivity contribution in [2.24, 2.45) is 0 Å². The van der Waals surface area contributed by atoms with Gasteiger partial charge in [-0.1, -0.05) is 72.8 Å². The van der Waals surface area contributed by atoms with Crippen molar-refractivity contribution in [1.29, 1.82) is 0 Å². The van der Waals surface area contributed by atoms with Crippen LogP contribution in [-0.4, -0.2) is 10.5 Å². The molecule has 2 aromatic heterocycles. The van der Waals surface area contributed by atoms with Crippen molar-refractivity contribution >= 4 is 38.7 Å². The van der Waals surface area contributed by atoms with Gasteiger partial charge in [0, 0.05) is 16.2 Å². The maximum atomic E-state index is 13.5. The second-order valence-corrected chi connectivity index (χ2v) is 8.55. The van der Waals surface area contributed by atoms with Crippen LogP contribution in [0, 0.1) is 0 Å². The summed E-state index contributed by atoms with van der Waals surface area (Å²) in [7, 11) is 0. The van der Waals surface area contributed by atoms with Crippen LogP contribution in [0.4, 0.5) is 0 Å². The molecule has 4 aromatic carbocycles. The summed E-state index contributed by atoms with van der Waals surface area (Å²) >= 11 is 0. The molecule has 6 aromatic rings. The zero-order valence-corrected chi connectivity index (χ0v) is 18.8. The molecular weight excluding hydrogens is 436 g/mol. The summed E-state index contributed by atoms with van der Waals surface area (Å²) in [6, 6.07) is 33.9. The zero-order chi connectivity index (χ0) is 23.8. The Balaban J connectivity index is 1.42. The van der Waals surface area contributed by atoms with Crippen LogP contribution >= 0.6 is 0 Å². The summed E-state index contributed by atoms with van der Waals surface area (Å²) in [5, 5.41) is 5.34. The van der Waals surface area contributed by atoms with Crippen molar-refractivity contribution in [1.82, 2.24) is 9.88 Å². The van der Waals surface area contributed by atoms with Crippen LogP contribution in [0.15, 0.2) is 118 Å². The number of nitrogens with zero attached hydrogens (tertiary/aromatic N) is 1. The highest BCUT2D eigenvalue weighted by Gasteiger charge is 2.22. The van der Waals surface area contributed by atoms with Gasteiger partial charge in [-0.25, -0.2) is 0 Å². The minimum Gasteiger partial charge on any atom is -0.459 e. The Morgan fingerprint density at radius 3 is 2.06 bits per heavy atom. The molecule has 0 aliphatic heterocycles. The molecule has 0 aliphatic carbocycles. The van der Waals surface area contributed by atoms with Gasteiger partial charge in [-0.15, -0.1) is 0 Å². The number of nitrogens with one attached hydrogen (secondary N) is 1. The number of furan rings is 1. The molecule has 0 saturated carbocycles. The molecule has 0 radical (unpaired) electrons. The van der Waals surface area contributed by atoms with E-state index >= 15 is 0 Å². The standard InChI is InChI=1S/C30H22N2O3/c33-28(19-32-24-15-7-5-13-22(24)30(34)23-14-6-8-16-25(23)32)31-29(20-10-2-1-3-11-20)27-18-21-12-4-9-17-26(21)35-27/h1-18,29H,19H2,(H,31,33)/t29-/m1/s1. The largest absolute Gasteiger partial charge is 0.459 e. The molecule has 1 amide bonds. The summed E-state index contributed by atoms with van der Waals surface area (Å²) in [5.41, 5.74) is 3.12. The molecule has 2 heterocycles. The molecule has 35 heavy (non-hydrogen) atoms. The third-order valence-electron chi connectivity index (χ3n) is 6.35. The number of carbonyl (C=O) groups is 1. The Hall–Kier alpha value is -4.64. The van der Waals surface area contributed by atoms with E-state index in [0.717, 1.165) is 27.6 Å². The molecule has 0 bridgehead atoms. The fraction of sp³-hybridized carbons (Fsp3) is 0.0667. The average molecular weight is 459 g/mol. The van der Waals surface area contributed by atoms with Crippen molar-refractivity contribution in [2.45, 2.75) is 12.6 Å². The molecule has 0 spiro atoms. The van der Waals surface area contributed by atoms with Crippen molar-refractivity contribution in [3.63, 3.8) is 0 Å². The monoisotopic (exact) mass is 458 g/mol. The number of rotatable bonds is 5. The topological polar surface area (TPSA) is 64.2 Å². The van der Waals surface area contributed by atoms with Crippen LogP contribution in [0.5, 0.6) is 0 Å². The highest BCUT2D eigenvalue weighted by atomic mass is 16.3. The second-order valence-electron chi connectivity index (χ2n) is 8.55. The first-order valence-electron chi connectivity index (χ1n) is 11.5. The first-order valence-corrected chi connectivity index (χ1v) is 11.5. The number of aromatic nitrogens is 1. The fourth-order valence-electron chi connectivity index (χ4n) is 4.71. The molecule has 0 unspecified atom stereocenters. The number of pyridine rings is 1. The lowest BCUT2D eigenvalue weighted by atomic mass is 10.0. The van der Waals surface area contributed by atoms with Crippen LogP contribution in [0.25, 0.3) is 32.8 Å². The molecule has 5 heteroatoms. The molecule has 170 valence electrons. The van der Waals surface area contributed by atoms with E-state index in [-0.39, 0.29) is 17.9 Å². The minimum atomic E-state index is -0.451. The van der Waals surface area contributed by atoms with Crippen molar-refractivity contribution in [3.05, 3.63) is 131 Å². The van der Waals surface area contributed by atoms with Gasteiger partial charge in [0.05, 0.1) is 11.0 Å². The molecular formula is C30H22N2O3. The molecule has 0 fully saturated rings. The number of carbonyl (C=O) groups excluding carboxylic acids is 1. The number of para-hydroxylation sites is 3. The third-order valence-corrected chi connectivity index (χ3v) is 6.35. The van der Waals surface area contributed by atoms with E-state index in [0.29, 0.717) is 16.5 Å². The van der Waals surface area contributed by atoms with Gasteiger partial charge >= 0.3 is 0 Å². The van der Waals surface area contributed by atoms with Gasteiger partial charge < -0.3 is 14.3 Å². The molecule has 1 atom stereocenters. The number of amides is 1. The van der Waals surface area contributed by atoms with E-state index < -0.39 is 6.04 Å². The van der Waals surface area contributed by atoms with E-state index in [1.54, 1.807) is 12.1 Å². The van der Waals surface area contributed by atoms with Gasteiger partial charge in [-0.3, -0.25) is 9.59 Å². The predicted molar refractivity (Wildman–Crippen MR) is 138 cm³/mol. The van der Waals surface area contributed by atoms with E-state index in [9.17, 15) is 9.59 Å². The van der Waals surface area contributed by atoms with Crippen LogP contribution in [0.2, 0.25) is 0 Å². The third kappa shape index (κ3) is 3.77. The van der Waals surface area contributed by atoms with Gasteiger partial charge in [-0.2, -0.15) is 0 Å². The molecule has 5 nitrogen and oxygen atoms in total. The minimum absolute atomic E-state index is 0.0303. The quantitative estimate of drug-likeness (QED) is 0.332. The lowest BCUT2D eigenvalue weighted by Crippen LogP contribution is -2.32. The molecule has 1 N–H and O–H groups in total. The summed E-state index contributed by atoms with van der Waals surface area (Å²) in [5.74, 6) is 0.485. The SMILES string of the molecule is O=C(Cn1c2ccccc2c(=O)c2ccccc21)N[C@H](c1ccccc1)c1cc2ccccc2o1. The Bertz CT molecular complexity index is 1660. The Morgan fingerprint density at radius 1 is 0.771 bits per heavy atom. The normalized spacial score (nSPS) is 12.2. The first-order chi connectivity index (χ1) is 17.2. The summed E-state index contributed by atoms with van der Waals surface area (Å²) < 4.78 is 8.03. The van der Waals surface area contributed by atoms with E-state index in [4.69, 9.17) is 4.42 Å². The van der Waals surface area contributed by atoms with E-state index in [2.05, 4.69) is 5.32 Å². The lowest BCUT2D eigenvalue weighted by molar-refractivity contribution is -0.122. The van der Waals surface area contributed by atoms with Gasteiger partial charge in [0.15, 0.2) is 5.43 Å². The lowest BCUT2D eigenvalue weighted by Gasteiger charge is -2.19. The van der Waals surface area contributed by atoms with Gasteiger partial charge in [0.1, 0.15) is 23.9 Å². The van der Waals surface area contributed by atoms with Gasteiger partial charge in [0.25, 0.3) is 0 Å². The van der Waals surface area contributed by atoms with E-state index in [1.807, 2.05) is 102 Å². The molecule has 6 rings (SSSR count). The number of hydrogen-bond donors (Lipinski definition) is 1. The number of fused-ring (bicyclic) bond motifs is 3. The van der Waals surface area contributed by atoms with Crippen molar-refractivity contribution in [3.8, 4) is 0 Å². The van der Waals surface area contributed by atoms with Gasteiger partial charge in [0.2, 0.25) is 5.91 Å². The summed E-state index contributed by atoms with van der Waals surface area (Å²) in [4.78, 5) is 26.5. The highest BCUT2D eigenvalue weighted by Crippen LogP contribution is 2.28. The molecule has 0 saturated heterocycles. The first kappa shape index (κ1) is 20.9.